The number of nitrogens with one attached hydrogen (secondary N) is 2. The fourth-order valence-electron chi connectivity index (χ4n) is 1.85. The molecule has 1 heterocycles. The Kier molecular flexibility index (Phi) is 8.19. The minimum Gasteiger partial charge on any atom is -0.490 e. The predicted molar refractivity (Wildman–Crippen MR) is 96.4 cm³/mol. The van der Waals surface area contributed by atoms with E-state index in [4.69, 9.17) is 33.2 Å². The van der Waals surface area contributed by atoms with Crippen molar-refractivity contribution in [3.63, 3.8) is 0 Å². The van der Waals surface area contributed by atoms with Crippen molar-refractivity contribution in [3.05, 3.63) is 28.9 Å². The van der Waals surface area contributed by atoms with Gasteiger partial charge in [-0.05, 0) is 18.2 Å². The molecule has 0 spiro atoms. The summed E-state index contributed by atoms with van der Waals surface area (Å²) in [6.45, 7) is 0.732. The normalized spacial score (nSPS) is 9.70. The second-order valence-electron chi connectivity index (χ2n) is 4.40. The number of hydrogen-bond acceptors (Lipinski definition) is 4. The van der Waals surface area contributed by atoms with Crippen LogP contribution < -0.4 is 16.2 Å². The Balaban J connectivity index is 0.00000242. The van der Waals surface area contributed by atoms with Crippen molar-refractivity contribution < 1.29 is 9.53 Å². The highest BCUT2D eigenvalue weighted by Gasteiger charge is 2.18. The number of halogens is 3. The molecule has 10 heteroatoms. The van der Waals surface area contributed by atoms with Crippen molar-refractivity contribution in [1.82, 2.24) is 9.88 Å². The summed E-state index contributed by atoms with van der Waals surface area (Å²) in [5, 5.41) is 8.44. The van der Waals surface area contributed by atoms with Crippen molar-refractivity contribution in [1.29, 1.82) is 5.41 Å². The Morgan fingerprint density at radius 1 is 1.43 bits per heavy atom. The van der Waals surface area contributed by atoms with Crippen LogP contribution in [0.1, 0.15) is 10.5 Å². The highest BCUT2D eigenvalue weighted by atomic mass is 35.5. The molecule has 2 rings (SSSR count). The number of H-pyrrole nitrogens is 1. The summed E-state index contributed by atoms with van der Waals surface area (Å²) in [6, 6.07) is 5.00. The molecule has 6 N–H and O–H groups in total. The summed E-state index contributed by atoms with van der Waals surface area (Å²) in [5.41, 5.74) is 11.6. The molecule has 0 atom stereocenters. The van der Waals surface area contributed by atoms with E-state index in [9.17, 15) is 4.79 Å². The molecule has 0 aliphatic rings. The van der Waals surface area contributed by atoms with Gasteiger partial charge in [-0.2, -0.15) is 0 Å². The lowest BCUT2D eigenvalue weighted by molar-refractivity contribution is 0.0864. The predicted octanol–water partition coefficient (Wildman–Crippen LogP) is 1.97. The van der Waals surface area contributed by atoms with E-state index in [0.717, 1.165) is 4.90 Å². The van der Waals surface area contributed by atoms with Crippen LogP contribution in [-0.4, -0.2) is 41.9 Å². The second-order valence-corrected chi connectivity index (χ2v) is 4.81. The van der Waals surface area contributed by atoms with Gasteiger partial charge in [0, 0.05) is 19.0 Å². The van der Waals surface area contributed by atoms with Gasteiger partial charge in [0.15, 0.2) is 5.96 Å². The topological polar surface area (TPSA) is 121 Å². The van der Waals surface area contributed by atoms with Crippen LogP contribution in [0.4, 0.5) is 0 Å². The molecule has 23 heavy (non-hydrogen) atoms. The summed E-state index contributed by atoms with van der Waals surface area (Å²) in [6.07, 6.45) is 0. The SMILES string of the molecule is CN(C(=N)N)C(=O)c1cc2c(Cl)ccc(OCCN)c2[nH]1.Cl.Cl. The number of hydrogen-bond donors (Lipinski definition) is 4. The molecule has 0 aliphatic heterocycles. The average Bonchev–Trinajstić information content (AvgIpc) is 2.91. The lowest BCUT2D eigenvalue weighted by atomic mass is 10.2. The number of nitrogens with two attached hydrogens (primary N) is 2. The van der Waals surface area contributed by atoms with Crippen LogP contribution in [0.25, 0.3) is 10.9 Å². The van der Waals surface area contributed by atoms with Gasteiger partial charge >= 0.3 is 0 Å². The largest absolute Gasteiger partial charge is 0.490 e. The van der Waals surface area contributed by atoms with Crippen LogP contribution >= 0.6 is 36.4 Å². The lowest BCUT2D eigenvalue weighted by Gasteiger charge is -2.12. The number of aromatic amines is 1. The van der Waals surface area contributed by atoms with Crippen molar-refractivity contribution >= 4 is 59.2 Å². The fourth-order valence-corrected chi connectivity index (χ4v) is 2.07. The number of carbonyl (C=O) groups excluding carboxylic acids is 1. The molecule has 0 unspecified atom stereocenters. The molecule has 2 aromatic rings. The standard InChI is InChI=1S/C13H16ClN5O2.2ClH/c1-19(13(16)17)12(20)9-6-7-8(14)2-3-10(11(7)18-9)21-5-4-15;;/h2-3,6,18H,4-5,15H2,1H3,(H3,16,17);2*1H. The van der Waals surface area contributed by atoms with Crippen molar-refractivity contribution in [2.75, 3.05) is 20.2 Å². The van der Waals surface area contributed by atoms with Gasteiger partial charge in [-0.15, -0.1) is 24.8 Å². The lowest BCUT2D eigenvalue weighted by Crippen LogP contribution is -2.38. The van der Waals surface area contributed by atoms with E-state index in [1.807, 2.05) is 0 Å². The maximum absolute atomic E-state index is 12.2. The summed E-state index contributed by atoms with van der Waals surface area (Å²) >= 11 is 6.13. The minimum atomic E-state index is -0.431. The number of fused-ring (bicyclic) bond motifs is 1. The molecule has 0 saturated carbocycles. The molecule has 0 saturated heterocycles. The number of carbonyl (C=O) groups is 1. The maximum atomic E-state index is 12.2. The highest BCUT2D eigenvalue weighted by molar-refractivity contribution is 6.35. The van der Waals surface area contributed by atoms with Gasteiger partial charge in [-0.3, -0.25) is 15.1 Å². The van der Waals surface area contributed by atoms with E-state index in [1.54, 1.807) is 18.2 Å². The Morgan fingerprint density at radius 2 is 2.09 bits per heavy atom. The number of aromatic nitrogens is 1. The number of rotatable bonds is 4. The molecule has 0 fully saturated rings. The van der Waals surface area contributed by atoms with Crippen molar-refractivity contribution in [3.8, 4) is 5.75 Å². The number of ether oxygens (including phenoxy) is 1. The molecular formula is C13H18Cl3N5O2. The number of nitrogens with zero attached hydrogens (tertiary/aromatic N) is 1. The molecule has 0 aliphatic carbocycles. The first-order valence-corrected chi connectivity index (χ1v) is 6.59. The van der Waals surface area contributed by atoms with Gasteiger partial charge < -0.3 is 21.2 Å². The zero-order valence-electron chi connectivity index (χ0n) is 12.3. The summed E-state index contributed by atoms with van der Waals surface area (Å²) < 4.78 is 5.52. The van der Waals surface area contributed by atoms with Gasteiger partial charge in [-0.25, -0.2) is 0 Å². The van der Waals surface area contributed by atoms with Gasteiger partial charge in [0.2, 0.25) is 0 Å². The third-order valence-electron chi connectivity index (χ3n) is 2.97. The molecule has 7 nitrogen and oxygen atoms in total. The quantitative estimate of drug-likeness (QED) is 0.477. The van der Waals surface area contributed by atoms with E-state index in [0.29, 0.717) is 34.8 Å². The molecule has 0 radical (unpaired) electrons. The minimum absolute atomic E-state index is 0. The Bertz CT molecular complexity index is 704. The molecule has 1 aromatic heterocycles. The van der Waals surface area contributed by atoms with Crippen LogP contribution in [0.3, 0.4) is 0 Å². The van der Waals surface area contributed by atoms with Crippen molar-refractivity contribution in [2.24, 2.45) is 11.5 Å². The molecule has 0 bridgehead atoms. The monoisotopic (exact) mass is 381 g/mol. The second kappa shape index (κ2) is 8.83. The van der Waals surface area contributed by atoms with Crippen LogP contribution in [0.2, 0.25) is 5.02 Å². The van der Waals surface area contributed by atoms with Gasteiger partial charge in [0.05, 0.1) is 10.5 Å². The van der Waals surface area contributed by atoms with Crippen LogP contribution in [-0.2, 0) is 0 Å². The molecule has 1 aromatic carbocycles. The highest BCUT2D eigenvalue weighted by Crippen LogP contribution is 2.32. The van der Waals surface area contributed by atoms with Gasteiger partial charge in [0.25, 0.3) is 5.91 Å². The zero-order chi connectivity index (χ0) is 15.6. The first kappa shape index (κ1) is 21.3. The summed E-state index contributed by atoms with van der Waals surface area (Å²) in [7, 11) is 1.42. The Labute approximate surface area is 150 Å². The van der Waals surface area contributed by atoms with E-state index in [1.165, 1.54) is 7.05 Å². The Morgan fingerprint density at radius 3 is 2.65 bits per heavy atom. The maximum Gasteiger partial charge on any atom is 0.276 e. The van der Waals surface area contributed by atoms with Gasteiger partial charge in [-0.1, -0.05) is 11.6 Å². The molecule has 128 valence electrons. The third-order valence-corrected chi connectivity index (χ3v) is 3.30. The molecular weight excluding hydrogens is 365 g/mol. The van der Waals surface area contributed by atoms with Crippen LogP contribution in [0, 0.1) is 5.41 Å². The number of benzene rings is 1. The van der Waals surface area contributed by atoms with Crippen LogP contribution in [0.5, 0.6) is 5.75 Å². The average molecular weight is 383 g/mol. The first-order valence-electron chi connectivity index (χ1n) is 6.22. The number of guanidine groups is 1. The van der Waals surface area contributed by atoms with E-state index in [-0.39, 0.29) is 36.5 Å². The first-order chi connectivity index (χ1) is 9.95. The van der Waals surface area contributed by atoms with Gasteiger partial charge in [0.1, 0.15) is 18.1 Å². The van der Waals surface area contributed by atoms with E-state index in [2.05, 4.69) is 4.98 Å². The zero-order valence-corrected chi connectivity index (χ0v) is 14.6. The third kappa shape index (κ3) is 4.42. The summed E-state index contributed by atoms with van der Waals surface area (Å²) in [5.74, 6) is -0.215. The smallest absolute Gasteiger partial charge is 0.276 e. The number of amides is 1. The van der Waals surface area contributed by atoms with E-state index >= 15 is 0 Å². The Hall–Kier alpha value is -1.67. The molecule has 1 amide bonds. The fraction of sp³-hybridized carbons (Fsp3) is 0.231. The van der Waals surface area contributed by atoms with Crippen LogP contribution in [0.15, 0.2) is 18.2 Å². The van der Waals surface area contributed by atoms with E-state index < -0.39 is 5.91 Å². The summed E-state index contributed by atoms with van der Waals surface area (Å²) in [4.78, 5) is 16.1. The van der Waals surface area contributed by atoms with Crippen molar-refractivity contribution in [2.45, 2.75) is 0 Å².